The van der Waals surface area contributed by atoms with Gasteiger partial charge in [-0.15, -0.1) is 5.10 Å². The third kappa shape index (κ3) is 2.80. The molecular formula is C17H17FN6O2. The van der Waals surface area contributed by atoms with E-state index in [0.29, 0.717) is 24.1 Å². The van der Waals surface area contributed by atoms with Gasteiger partial charge in [0.2, 0.25) is 0 Å². The lowest BCUT2D eigenvalue weighted by atomic mass is 10.0. The number of ether oxygens (including phenoxy) is 1. The van der Waals surface area contributed by atoms with Crippen molar-refractivity contribution in [3.63, 3.8) is 0 Å². The number of hydrogen-bond acceptors (Lipinski definition) is 6. The Bertz CT molecular complexity index is 975. The van der Waals surface area contributed by atoms with Gasteiger partial charge in [0.1, 0.15) is 5.82 Å². The summed E-state index contributed by atoms with van der Waals surface area (Å²) in [7, 11) is 3.37. The van der Waals surface area contributed by atoms with Gasteiger partial charge >= 0.3 is 0 Å². The van der Waals surface area contributed by atoms with Gasteiger partial charge in [0, 0.05) is 51.9 Å². The summed E-state index contributed by atoms with van der Waals surface area (Å²) in [6.45, 7) is 0.739. The lowest BCUT2D eigenvalue weighted by Gasteiger charge is -2.16. The van der Waals surface area contributed by atoms with Crippen LogP contribution in [0.5, 0.6) is 0 Å². The predicted octanol–water partition coefficient (Wildman–Crippen LogP) is 1.15. The molecule has 0 spiro atoms. The van der Waals surface area contributed by atoms with Crippen LogP contribution in [-0.4, -0.2) is 62.1 Å². The number of halogens is 1. The standard InChI is InChI=1S/C17H17FN6O2/c1-23-8-15(21-22-23)11-7-24(9-16(11)26-2)17(25)10-5-13-14(6-12(10)18)20-4-3-19-13/h3-6,8,11,16H,7,9H2,1-2H3/t11-,16+/m0/s1. The van der Waals surface area contributed by atoms with E-state index in [0.717, 1.165) is 5.69 Å². The smallest absolute Gasteiger partial charge is 0.257 e. The van der Waals surface area contributed by atoms with Crippen LogP contribution in [-0.2, 0) is 11.8 Å². The Morgan fingerprint density at radius 2 is 1.96 bits per heavy atom. The number of fused-ring (bicyclic) bond motifs is 1. The molecule has 1 amide bonds. The van der Waals surface area contributed by atoms with E-state index < -0.39 is 11.7 Å². The molecule has 0 radical (unpaired) electrons. The molecule has 1 fully saturated rings. The highest BCUT2D eigenvalue weighted by Crippen LogP contribution is 2.30. The van der Waals surface area contributed by atoms with Gasteiger partial charge in [-0.1, -0.05) is 5.21 Å². The number of likely N-dealkylation sites (tertiary alicyclic amines) is 1. The predicted molar refractivity (Wildman–Crippen MR) is 89.9 cm³/mol. The quantitative estimate of drug-likeness (QED) is 0.700. The molecule has 1 aliphatic heterocycles. The molecule has 2 aromatic heterocycles. The Hall–Kier alpha value is -2.94. The van der Waals surface area contributed by atoms with Gasteiger partial charge < -0.3 is 9.64 Å². The summed E-state index contributed by atoms with van der Waals surface area (Å²) in [5, 5.41) is 8.06. The van der Waals surface area contributed by atoms with E-state index in [1.165, 1.54) is 24.5 Å². The summed E-state index contributed by atoms with van der Waals surface area (Å²) in [6.07, 6.45) is 4.57. The van der Waals surface area contributed by atoms with E-state index in [2.05, 4.69) is 20.3 Å². The second-order valence-corrected chi connectivity index (χ2v) is 6.28. The molecule has 0 saturated carbocycles. The monoisotopic (exact) mass is 356 g/mol. The number of rotatable bonds is 3. The summed E-state index contributed by atoms with van der Waals surface area (Å²) in [5.41, 5.74) is 1.62. The van der Waals surface area contributed by atoms with Crippen LogP contribution in [0.25, 0.3) is 11.0 Å². The molecule has 0 N–H and O–H groups in total. The molecule has 1 aliphatic rings. The molecular weight excluding hydrogens is 339 g/mol. The summed E-state index contributed by atoms with van der Waals surface area (Å²) < 4.78 is 21.6. The van der Waals surface area contributed by atoms with Crippen LogP contribution in [0.1, 0.15) is 22.0 Å². The van der Waals surface area contributed by atoms with Crippen LogP contribution < -0.4 is 0 Å². The highest BCUT2D eigenvalue weighted by molar-refractivity contribution is 5.97. The van der Waals surface area contributed by atoms with Crippen LogP contribution in [0, 0.1) is 5.82 Å². The van der Waals surface area contributed by atoms with E-state index in [1.807, 2.05) is 0 Å². The largest absolute Gasteiger partial charge is 0.379 e. The SMILES string of the molecule is CO[C@@H]1CN(C(=O)c2cc3nccnc3cc2F)C[C@H]1c1cn(C)nn1. The van der Waals surface area contributed by atoms with E-state index in [1.54, 1.807) is 29.9 Å². The van der Waals surface area contributed by atoms with Crippen molar-refractivity contribution >= 4 is 16.9 Å². The lowest BCUT2D eigenvalue weighted by Crippen LogP contribution is -2.30. The van der Waals surface area contributed by atoms with Crippen molar-refractivity contribution in [3.8, 4) is 0 Å². The molecule has 4 rings (SSSR count). The van der Waals surface area contributed by atoms with Crippen LogP contribution in [0.2, 0.25) is 0 Å². The zero-order valence-corrected chi connectivity index (χ0v) is 14.3. The van der Waals surface area contributed by atoms with Crippen molar-refractivity contribution in [2.24, 2.45) is 7.05 Å². The van der Waals surface area contributed by atoms with Gasteiger partial charge in [0.25, 0.3) is 5.91 Å². The molecule has 26 heavy (non-hydrogen) atoms. The third-order valence-electron chi connectivity index (χ3n) is 4.64. The number of carbonyl (C=O) groups is 1. The van der Waals surface area contributed by atoms with Gasteiger partial charge in [-0.05, 0) is 6.07 Å². The van der Waals surface area contributed by atoms with Crippen molar-refractivity contribution in [2.75, 3.05) is 20.2 Å². The number of aromatic nitrogens is 5. The van der Waals surface area contributed by atoms with Crippen LogP contribution in [0.3, 0.4) is 0 Å². The Labute approximate surface area is 148 Å². The Balaban J connectivity index is 1.63. The normalized spacial score (nSPS) is 20.0. The highest BCUT2D eigenvalue weighted by atomic mass is 19.1. The van der Waals surface area contributed by atoms with Gasteiger partial charge in [-0.2, -0.15) is 0 Å². The van der Waals surface area contributed by atoms with Gasteiger partial charge in [0.05, 0.1) is 34.3 Å². The minimum absolute atomic E-state index is 0.0207. The van der Waals surface area contributed by atoms with Gasteiger partial charge in [0.15, 0.2) is 0 Å². The first-order valence-corrected chi connectivity index (χ1v) is 8.15. The number of benzene rings is 1. The molecule has 0 bridgehead atoms. The zero-order valence-electron chi connectivity index (χ0n) is 14.3. The molecule has 134 valence electrons. The van der Waals surface area contributed by atoms with Crippen molar-refractivity contribution in [2.45, 2.75) is 12.0 Å². The third-order valence-corrected chi connectivity index (χ3v) is 4.64. The number of amides is 1. The van der Waals surface area contributed by atoms with E-state index in [9.17, 15) is 9.18 Å². The lowest BCUT2D eigenvalue weighted by molar-refractivity contribution is 0.0710. The summed E-state index contributed by atoms with van der Waals surface area (Å²) in [4.78, 5) is 22.7. The van der Waals surface area contributed by atoms with Crippen LogP contribution in [0.15, 0.2) is 30.7 Å². The van der Waals surface area contributed by atoms with E-state index in [-0.39, 0.29) is 17.6 Å². The molecule has 3 heterocycles. The van der Waals surface area contributed by atoms with Gasteiger partial charge in [-0.25, -0.2) is 4.39 Å². The first-order valence-electron chi connectivity index (χ1n) is 8.15. The molecule has 1 aromatic carbocycles. The summed E-state index contributed by atoms with van der Waals surface area (Å²) in [6, 6.07) is 2.68. The first-order chi connectivity index (χ1) is 12.6. The molecule has 0 aliphatic carbocycles. The number of carbonyl (C=O) groups excluding carboxylic acids is 1. The number of aryl methyl sites for hydroxylation is 1. The minimum Gasteiger partial charge on any atom is -0.379 e. The molecule has 8 nitrogen and oxygen atoms in total. The topological polar surface area (TPSA) is 86.0 Å². The van der Waals surface area contributed by atoms with Crippen molar-refractivity contribution in [1.82, 2.24) is 29.9 Å². The maximum Gasteiger partial charge on any atom is 0.257 e. The second-order valence-electron chi connectivity index (χ2n) is 6.28. The summed E-state index contributed by atoms with van der Waals surface area (Å²) in [5.74, 6) is -1.12. The molecule has 1 saturated heterocycles. The number of hydrogen-bond donors (Lipinski definition) is 0. The Morgan fingerprint density at radius 1 is 1.23 bits per heavy atom. The second kappa shape index (κ2) is 6.41. The van der Waals surface area contributed by atoms with Crippen LogP contribution in [0.4, 0.5) is 4.39 Å². The van der Waals surface area contributed by atoms with E-state index >= 15 is 0 Å². The molecule has 3 aromatic rings. The zero-order chi connectivity index (χ0) is 18.3. The Morgan fingerprint density at radius 3 is 2.62 bits per heavy atom. The Kier molecular flexibility index (Phi) is 4.08. The molecule has 9 heteroatoms. The number of nitrogens with zero attached hydrogens (tertiary/aromatic N) is 6. The van der Waals surface area contributed by atoms with Gasteiger partial charge in [-0.3, -0.25) is 19.4 Å². The highest BCUT2D eigenvalue weighted by Gasteiger charge is 2.38. The van der Waals surface area contributed by atoms with Crippen LogP contribution >= 0.6 is 0 Å². The van der Waals surface area contributed by atoms with Crippen molar-refractivity contribution in [1.29, 1.82) is 0 Å². The fourth-order valence-electron chi connectivity index (χ4n) is 3.32. The fraction of sp³-hybridized carbons (Fsp3) is 0.353. The van der Waals surface area contributed by atoms with E-state index in [4.69, 9.17) is 4.74 Å². The fourth-order valence-corrected chi connectivity index (χ4v) is 3.32. The minimum atomic E-state index is -0.611. The molecule has 0 unspecified atom stereocenters. The molecule has 2 atom stereocenters. The number of methoxy groups -OCH3 is 1. The summed E-state index contributed by atoms with van der Waals surface area (Å²) >= 11 is 0. The average molecular weight is 356 g/mol. The average Bonchev–Trinajstić information content (AvgIpc) is 3.26. The van der Waals surface area contributed by atoms with Crippen molar-refractivity contribution in [3.05, 3.63) is 47.8 Å². The maximum absolute atomic E-state index is 14.5. The maximum atomic E-state index is 14.5. The van der Waals surface area contributed by atoms with Crippen molar-refractivity contribution < 1.29 is 13.9 Å². The first kappa shape index (κ1) is 16.5.